The van der Waals surface area contributed by atoms with E-state index in [4.69, 9.17) is 32.7 Å². The Balaban J connectivity index is 1.98. The van der Waals surface area contributed by atoms with Crippen LogP contribution < -0.4 is 19.6 Å². The molecular formula is C25H22Cl2N2O4S. The van der Waals surface area contributed by atoms with Gasteiger partial charge in [-0.1, -0.05) is 52.7 Å². The summed E-state index contributed by atoms with van der Waals surface area (Å²) < 4.78 is 12.9. The molecule has 0 bridgehead atoms. The molecule has 0 unspecified atom stereocenters. The van der Waals surface area contributed by atoms with Gasteiger partial charge in [0, 0.05) is 15.6 Å². The van der Waals surface area contributed by atoms with Crippen molar-refractivity contribution >= 4 is 46.6 Å². The number of carbonyl (C=O) groups excluding carboxylic acids is 1. The molecule has 0 fully saturated rings. The van der Waals surface area contributed by atoms with E-state index in [0.29, 0.717) is 48.6 Å². The van der Waals surface area contributed by atoms with E-state index in [-0.39, 0.29) is 17.7 Å². The Kier molecular flexibility index (Phi) is 7.26. The molecule has 0 saturated carbocycles. The third-order valence-corrected chi connectivity index (χ3v) is 6.84. The fraction of sp³-hybridized carbons (Fsp3) is 0.240. The molecule has 0 N–H and O–H groups in total. The molecule has 4 rings (SSSR count). The number of aromatic nitrogens is 1. The smallest absolute Gasteiger partial charge is 0.338 e. The number of hydrogen-bond donors (Lipinski definition) is 0. The Morgan fingerprint density at radius 2 is 1.94 bits per heavy atom. The van der Waals surface area contributed by atoms with Crippen LogP contribution in [0.2, 0.25) is 10.0 Å². The van der Waals surface area contributed by atoms with Crippen molar-refractivity contribution in [2.24, 2.45) is 4.99 Å². The van der Waals surface area contributed by atoms with Crippen LogP contribution in [0.15, 0.2) is 63.5 Å². The van der Waals surface area contributed by atoms with Gasteiger partial charge < -0.3 is 9.47 Å². The Morgan fingerprint density at radius 3 is 2.65 bits per heavy atom. The van der Waals surface area contributed by atoms with Crippen LogP contribution in [0.25, 0.3) is 6.08 Å². The molecule has 0 saturated heterocycles. The molecule has 3 aromatic rings. The maximum absolute atomic E-state index is 13.7. The number of ether oxygens (including phenoxy) is 2. The van der Waals surface area contributed by atoms with E-state index in [1.165, 1.54) is 15.9 Å². The van der Waals surface area contributed by atoms with Gasteiger partial charge >= 0.3 is 5.97 Å². The summed E-state index contributed by atoms with van der Waals surface area (Å²) >= 11 is 13.9. The van der Waals surface area contributed by atoms with Gasteiger partial charge in [0.1, 0.15) is 11.8 Å². The van der Waals surface area contributed by atoms with Gasteiger partial charge in [-0.05, 0) is 56.7 Å². The molecule has 0 spiro atoms. The van der Waals surface area contributed by atoms with Crippen LogP contribution in [-0.4, -0.2) is 23.8 Å². The van der Waals surface area contributed by atoms with Crippen LogP contribution in [0.1, 0.15) is 37.9 Å². The lowest BCUT2D eigenvalue weighted by molar-refractivity contribution is -0.139. The first kappa shape index (κ1) is 24.3. The summed E-state index contributed by atoms with van der Waals surface area (Å²) in [7, 11) is 0. The number of hydrogen-bond acceptors (Lipinski definition) is 6. The summed E-state index contributed by atoms with van der Waals surface area (Å²) in [4.78, 5) is 31.7. The first-order valence-electron chi connectivity index (χ1n) is 10.7. The lowest BCUT2D eigenvalue weighted by Crippen LogP contribution is -2.40. The van der Waals surface area contributed by atoms with Gasteiger partial charge in [-0.15, -0.1) is 0 Å². The molecule has 1 aliphatic heterocycles. The van der Waals surface area contributed by atoms with Crippen LogP contribution in [0, 0.1) is 0 Å². The SMILES string of the molecule is CCOC(=O)C1=C(C)N=c2s/c(=C\c3cc(Cl)ccc3OCC)c(=O)n2[C@@H]1c1ccccc1Cl. The number of allylic oxidation sites excluding steroid dienone is 1. The number of halogens is 2. The normalized spacial score (nSPS) is 15.7. The third-order valence-electron chi connectivity index (χ3n) is 5.28. The molecule has 1 aromatic heterocycles. The van der Waals surface area contributed by atoms with E-state index in [9.17, 15) is 9.59 Å². The van der Waals surface area contributed by atoms with E-state index in [1.807, 2.05) is 13.0 Å². The predicted octanol–water partition coefficient (Wildman–Crippen LogP) is 4.50. The maximum Gasteiger partial charge on any atom is 0.338 e. The van der Waals surface area contributed by atoms with E-state index >= 15 is 0 Å². The van der Waals surface area contributed by atoms with Gasteiger partial charge in [-0.2, -0.15) is 0 Å². The molecule has 176 valence electrons. The summed E-state index contributed by atoms with van der Waals surface area (Å²) in [5.74, 6) is 0.0835. The summed E-state index contributed by atoms with van der Waals surface area (Å²) in [6, 6.07) is 11.6. The second-order valence-corrected chi connectivity index (χ2v) is 9.29. The Bertz CT molecular complexity index is 1470. The molecule has 6 nitrogen and oxygen atoms in total. The van der Waals surface area contributed by atoms with Crippen molar-refractivity contribution in [1.82, 2.24) is 4.57 Å². The van der Waals surface area contributed by atoms with Crippen LogP contribution in [-0.2, 0) is 9.53 Å². The zero-order chi connectivity index (χ0) is 24.4. The average molecular weight is 517 g/mol. The highest BCUT2D eigenvalue weighted by Gasteiger charge is 2.34. The van der Waals surface area contributed by atoms with Crippen LogP contribution >= 0.6 is 34.5 Å². The molecular weight excluding hydrogens is 495 g/mol. The first-order valence-corrected chi connectivity index (χ1v) is 12.3. The Labute approximate surface area is 210 Å². The minimum Gasteiger partial charge on any atom is -0.493 e. The number of esters is 1. The molecule has 9 heteroatoms. The highest BCUT2D eigenvalue weighted by molar-refractivity contribution is 7.07. The predicted molar refractivity (Wildman–Crippen MR) is 134 cm³/mol. The second-order valence-electron chi connectivity index (χ2n) is 7.44. The van der Waals surface area contributed by atoms with Crippen molar-refractivity contribution in [1.29, 1.82) is 0 Å². The van der Waals surface area contributed by atoms with Gasteiger partial charge in [0.25, 0.3) is 5.56 Å². The topological polar surface area (TPSA) is 69.9 Å². The minimum absolute atomic E-state index is 0.199. The minimum atomic E-state index is -0.767. The fourth-order valence-electron chi connectivity index (χ4n) is 3.84. The average Bonchev–Trinajstić information content (AvgIpc) is 3.10. The van der Waals surface area contributed by atoms with Crippen molar-refractivity contribution in [3.63, 3.8) is 0 Å². The Hall–Kier alpha value is -2.87. The Morgan fingerprint density at radius 1 is 1.18 bits per heavy atom. The van der Waals surface area contributed by atoms with Gasteiger partial charge in [-0.25, -0.2) is 9.79 Å². The lowest BCUT2D eigenvalue weighted by atomic mass is 9.96. The monoisotopic (exact) mass is 516 g/mol. The first-order chi connectivity index (χ1) is 16.3. The number of nitrogens with zero attached hydrogens (tertiary/aromatic N) is 2. The molecule has 2 heterocycles. The summed E-state index contributed by atoms with van der Waals surface area (Å²) in [5.41, 5.74) is 1.76. The zero-order valence-corrected chi connectivity index (χ0v) is 21.1. The summed E-state index contributed by atoms with van der Waals surface area (Å²) in [6.45, 7) is 6.02. The van der Waals surface area contributed by atoms with E-state index in [2.05, 4.69) is 4.99 Å². The van der Waals surface area contributed by atoms with Gasteiger partial charge in [-0.3, -0.25) is 9.36 Å². The number of thiazole rings is 1. The molecule has 1 atom stereocenters. The van der Waals surface area contributed by atoms with Crippen LogP contribution in [0.3, 0.4) is 0 Å². The second kappa shape index (κ2) is 10.2. The number of rotatable bonds is 6. The van der Waals surface area contributed by atoms with Crippen molar-refractivity contribution in [3.05, 3.63) is 94.6 Å². The van der Waals surface area contributed by atoms with Crippen molar-refractivity contribution in [2.75, 3.05) is 13.2 Å². The highest BCUT2D eigenvalue weighted by Crippen LogP contribution is 2.34. The van der Waals surface area contributed by atoms with Crippen molar-refractivity contribution < 1.29 is 14.3 Å². The van der Waals surface area contributed by atoms with Gasteiger partial charge in [0.2, 0.25) is 0 Å². The largest absolute Gasteiger partial charge is 0.493 e. The highest BCUT2D eigenvalue weighted by atomic mass is 35.5. The molecule has 0 aliphatic carbocycles. The van der Waals surface area contributed by atoms with Crippen LogP contribution in [0.4, 0.5) is 0 Å². The van der Waals surface area contributed by atoms with E-state index < -0.39 is 12.0 Å². The van der Waals surface area contributed by atoms with Crippen molar-refractivity contribution in [2.45, 2.75) is 26.8 Å². The van der Waals surface area contributed by atoms with Gasteiger partial charge in [0.05, 0.1) is 29.0 Å². The van der Waals surface area contributed by atoms with E-state index in [0.717, 1.165) is 0 Å². The molecule has 34 heavy (non-hydrogen) atoms. The maximum atomic E-state index is 13.7. The molecule has 0 amide bonds. The molecule has 1 aliphatic rings. The zero-order valence-electron chi connectivity index (χ0n) is 18.8. The lowest BCUT2D eigenvalue weighted by Gasteiger charge is -2.25. The van der Waals surface area contributed by atoms with Crippen molar-refractivity contribution in [3.8, 4) is 5.75 Å². The standard InChI is InChI=1S/C25H22Cl2N2O4S/c1-4-32-19-11-10-16(26)12-15(19)13-20-23(30)29-22(17-8-6-7-9-18(17)27)21(24(31)33-5-2)14(3)28-25(29)34-20/h6-13,22H,4-5H2,1-3H3/b20-13-/t22-/m1/s1. The number of carbonyl (C=O) groups is 1. The quantitative estimate of drug-likeness (QED) is 0.452. The van der Waals surface area contributed by atoms with Gasteiger partial charge in [0.15, 0.2) is 4.80 Å². The number of benzene rings is 2. The number of fused-ring (bicyclic) bond motifs is 1. The summed E-state index contributed by atoms with van der Waals surface area (Å²) in [6.07, 6.45) is 1.73. The van der Waals surface area contributed by atoms with Crippen LogP contribution in [0.5, 0.6) is 5.75 Å². The fourth-order valence-corrected chi connectivity index (χ4v) is 5.30. The molecule has 0 radical (unpaired) electrons. The third kappa shape index (κ3) is 4.56. The summed E-state index contributed by atoms with van der Waals surface area (Å²) in [5, 5.41) is 0.962. The van der Waals surface area contributed by atoms with E-state index in [1.54, 1.807) is 56.3 Å². The molecule has 2 aromatic carbocycles.